The van der Waals surface area contributed by atoms with Crippen LogP contribution in [0.2, 0.25) is 0 Å². The second kappa shape index (κ2) is 7.83. The van der Waals surface area contributed by atoms with Crippen molar-refractivity contribution in [2.45, 2.75) is 19.3 Å². The molecule has 0 spiro atoms. The first-order valence-electron chi connectivity index (χ1n) is 6.09. The molecule has 1 atom stereocenters. The van der Waals surface area contributed by atoms with Crippen molar-refractivity contribution in [3.63, 3.8) is 0 Å². The third kappa shape index (κ3) is 4.56. The molecular formula is C14H20N2O. The van der Waals surface area contributed by atoms with Crippen LogP contribution in [-0.2, 0) is 0 Å². The number of hydrogen-bond acceptors (Lipinski definition) is 3. The molecule has 1 unspecified atom stereocenters. The highest BCUT2D eigenvalue weighted by molar-refractivity contribution is 5.25. The van der Waals surface area contributed by atoms with Gasteiger partial charge in [-0.1, -0.05) is 37.3 Å². The Balaban J connectivity index is 2.60. The summed E-state index contributed by atoms with van der Waals surface area (Å²) in [6.07, 6.45) is 0.765. The molecule has 0 aliphatic heterocycles. The van der Waals surface area contributed by atoms with Gasteiger partial charge >= 0.3 is 0 Å². The summed E-state index contributed by atoms with van der Waals surface area (Å²) >= 11 is 0. The second-order valence-electron chi connectivity index (χ2n) is 4.06. The van der Waals surface area contributed by atoms with Crippen molar-refractivity contribution in [3.8, 4) is 6.07 Å². The fourth-order valence-electron chi connectivity index (χ4n) is 1.84. The number of aliphatic hydroxyl groups is 1. The van der Waals surface area contributed by atoms with Crippen molar-refractivity contribution in [1.29, 1.82) is 5.26 Å². The summed E-state index contributed by atoms with van der Waals surface area (Å²) in [6, 6.07) is 12.2. The lowest BCUT2D eigenvalue weighted by atomic mass is 10.00. The molecule has 3 heteroatoms. The first-order valence-corrected chi connectivity index (χ1v) is 6.09. The molecule has 1 rings (SSSR count). The van der Waals surface area contributed by atoms with E-state index in [0.29, 0.717) is 0 Å². The molecule has 0 bridgehead atoms. The summed E-state index contributed by atoms with van der Waals surface area (Å²) in [7, 11) is 0. The standard InChI is InChI=1S/C14H20N2O/c1-2-16(9-6-10-17)12-14(11-15)13-7-4-3-5-8-13/h3-5,7-8,14,17H,2,6,9-10,12H2,1H3. The number of benzene rings is 1. The summed E-state index contributed by atoms with van der Waals surface area (Å²) in [4.78, 5) is 2.21. The summed E-state index contributed by atoms with van der Waals surface area (Å²) in [5.41, 5.74) is 1.07. The Bertz CT molecular complexity index is 345. The van der Waals surface area contributed by atoms with Gasteiger partial charge in [0.2, 0.25) is 0 Å². The summed E-state index contributed by atoms with van der Waals surface area (Å²) in [6.45, 7) is 4.77. The molecule has 17 heavy (non-hydrogen) atoms. The second-order valence-corrected chi connectivity index (χ2v) is 4.06. The van der Waals surface area contributed by atoms with Crippen LogP contribution < -0.4 is 0 Å². The third-order valence-corrected chi connectivity index (χ3v) is 2.88. The quantitative estimate of drug-likeness (QED) is 0.782. The van der Waals surface area contributed by atoms with Crippen molar-refractivity contribution in [1.82, 2.24) is 4.90 Å². The van der Waals surface area contributed by atoms with Crippen LogP contribution in [0.15, 0.2) is 30.3 Å². The minimum atomic E-state index is -0.0881. The topological polar surface area (TPSA) is 47.3 Å². The van der Waals surface area contributed by atoms with Gasteiger partial charge in [-0.3, -0.25) is 0 Å². The van der Waals surface area contributed by atoms with Crippen molar-refractivity contribution in [3.05, 3.63) is 35.9 Å². The van der Waals surface area contributed by atoms with Crippen molar-refractivity contribution < 1.29 is 5.11 Å². The Kier molecular flexibility index (Phi) is 6.31. The van der Waals surface area contributed by atoms with Gasteiger partial charge in [-0.25, -0.2) is 0 Å². The van der Waals surface area contributed by atoms with E-state index in [2.05, 4.69) is 17.9 Å². The highest BCUT2D eigenvalue weighted by Crippen LogP contribution is 2.16. The van der Waals surface area contributed by atoms with Gasteiger partial charge < -0.3 is 10.0 Å². The molecule has 0 heterocycles. The smallest absolute Gasteiger partial charge is 0.0839 e. The number of nitriles is 1. The molecule has 1 aromatic carbocycles. The first kappa shape index (κ1) is 13.7. The van der Waals surface area contributed by atoms with Gasteiger partial charge in [0.25, 0.3) is 0 Å². The van der Waals surface area contributed by atoms with Gasteiger partial charge in [0.15, 0.2) is 0 Å². The molecule has 0 aliphatic rings. The van der Waals surface area contributed by atoms with Crippen molar-refractivity contribution in [2.24, 2.45) is 0 Å². The normalized spacial score (nSPS) is 12.4. The Morgan fingerprint density at radius 1 is 1.35 bits per heavy atom. The summed E-state index contributed by atoms with van der Waals surface area (Å²) in [5, 5.41) is 18.1. The summed E-state index contributed by atoms with van der Waals surface area (Å²) < 4.78 is 0. The van der Waals surface area contributed by atoms with E-state index < -0.39 is 0 Å². The van der Waals surface area contributed by atoms with E-state index in [0.717, 1.165) is 31.6 Å². The molecule has 0 saturated carbocycles. The Hall–Kier alpha value is -1.37. The van der Waals surface area contributed by atoms with E-state index in [1.807, 2.05) is 30.3 Å². The minimum Gasteiger partial charge on any atom is -0.396 e. The van der Waals surface area contributed by atoms with E-state index in [-0.39, 0.29) is 12.5 Å². The fourth-order valence-corrected chi connectivity index (χ4v) is 1.84. The van der Waals surface area contributed by atoms with E-state index in [1.54, 1.807) is 0 Å². The lowest BCUT2D eigenvalue weighted by Crippen LogP contribution is -2.29. The van der Waals surface area contributed by atoms with Gasteiger partial charge in [-0.2, -0.15) is 5.26 Å². The van der Waals surface area contributed by atoms with Crippen LogP contribution in [0, 0.1) is 11.3 Å². The highest BCUT2D eigenvalue weighted by atomic mass is 16.3. The molecular weight excluding hydrogens is 212 g/mol. The SMILES string of the molecule is CCN(CCCO)CC(C#N)c1ccccc1. The van der Waals surface area contributed by atoms with Gasteiger partial charge in [-0.15, -0.1) is 0 Å². The lowest BCUT2D eigenvalue weighted by molar-refractivity contribution is 0.228. The number of hydrogen-bond donors (Lipinski definition) is 1. The van der Waals surface area contributed by atoms with E-state index in [9.17, 15) is 5.26 Å². The van der Waals surface area contributed by atoms with Crippen molar-refractivity contribution >= 4 is 0 Å². The van der Waals surface area contributed by atoms with Crippen LogP contribution in [0.1, 0.15) is 24.8 Å². The highest BCUT2D eigenvalue weighted by Gasteiger charge is 2.13. The maximum atomic E-state index is 9.22. The average molecular weight is 232 g/mol. The fraction of sp³-hybridized carbons (Fsp3) is 0.500. The summed E-state index contributed by atoms with van der Waals surface area (Å²) in [5.74, 6) is -0.0881. The number of aliphatic hydroxyl groups excluding tert-OH is 1. The molecule has 3 nitrogen and oxygen atoms in total. The van der Waals surface area contributed by atoms with Crippen LogP contribution >= 0.6 is 0 Å². The lowest BCUT2D eigenvalue weighted by Gasteiger charge is -2.22. The molecule has 0 aromatic heterocycles. The van der Waals surface area contributed by atoms with Crippen LogP contribution in [0.25, 0.3) is 0 Å². The number of likely N-dealkylation sites (N-methyl/N-ethyl adjacent to an activating group) is 1. The first-order chi connectivity index (χ1) is 8.31. The molecule has 0 aliphatic carbocycles. The van der Waals surface area contributed by atoms with Gasteiger partial charge in [-0.05, 0) is 18.5 Å². The monoisotopic (exact) mass is 232 g/mol. The predicted octanol–water partition coefficient (Wildman–Crippen LogP) is 2.00. The zero-order valence-corrected chi connectivity index (χ0v) is 10.3. The van der Waals surface area contributed by atoms with Crippen molar-refractivity contribution in [2.75, 3.05) is 26.2 Å². The number of nitrogens with zero attached hydrogens (tertiary/aromatic N) is 2. The van der Waals surface area contributed by atoms with Crippen LogP contribution in [-0.4, -0.2) is 36.2 Å². The van der Waals surface area contributed by atoms with E-state index in [1.165, 1.54) is 0 Å². The number of rotatable bonds is 7. The Morgan fingerprint density at radius 2 is 2.06 bits per heavy atom. The Morgan fingerprint density at radius 3 is 2.59 bits per heavy atom. The zero-order chi connectivity index (χ0) is 12.5. The average Bonchev–Trinajstić information content (AvgIpc) is 2.40. The Labute approximate surface area is 103 Å². The van der Waals surface area contributed by atoms with Crippen LogP contribution in [0.3, 0.4) is 0 Å². The zero-order valence-electron chi connectivity index (χ0n) is 10.3. The van der Waals surface area contributed by atoms with Gasteiger partial charge in [0, 0.05) is 19.7 Å². The molecule has 1 aromatic rings. The molecule has 92 valence electrons. The van der Waals surface area contributed by atoms with Crippen LogP contribution in [0.5, 0.6) is 0 Å². The van der Waals surface area contributed by atoms with E-state index >= 15 is 0 Å². The maximum Gasteiger partial charge on any atom is 0.0839 e. The van der Waals surface area contributed by atoms with Gasteiger partial charge in [0.1, 0.15) is 0 Å². The minimum absolute atomic E-state index is 0.0881. The largest absolute Gasteiger partial charge is 0.396 e. The molecule has 0 saturated heterocycles. The molecule has 0 fully saturated rings. The molecule has 1 N–H and O–H groups in total. The maximum absolute atomic E-state index is 9.22. The van der Waals surface area contributed by atoms with Gasteiger partial charge in [0.05, 0.1) is 12.0 Å². The third-order valence-electron chi connectivity index (χ3n) is 2.88. The predicted molar refractivity (Wildman–Crippen MR) is 68.6 cm³/mol. The molecule has 0 radical (unpaired) electrons. The van der Waals surface area contributed by atoms with E-state index in [4.69, 9.17) is 5.11 Å². The molecule has 0 amide bonds. The van der Waals surface area contributed by atoms with Crippen LogP contribution in [0.4, 0.5) is 0 Å².